The fourth-order valence-electron chi connectivity index (χ4n) is 4.35. The van der Waals surface area contributed by atoms with Gasteiger partial charge in [-0.1, -0.05) is 37.3 Å². The number of rotatable bonds is 7. The quantitative estimate of drug-likeness (QED) is 0.376. The lowest BCUT2D eigenvalue weighted by Crippen LogP contribution is -2.26. The van der Waals surface area contributed by atoms with E-state index in [9.17, 15) is 4.79 Å². The van der Waals surface area contributed by atoms with Crippen molar-refractivity contribution in [2.24, 2.45) is 0 Å². The monoisotopic (exact) mass is 433 g/mol. The van der Waals surface area contributed by atoms with Gasteiger partial charge in [-0.25, -0.2) is 0 Å². The van der Waals surface area contributed by atoms with Crippen molar-refractivity contribution in [3.05, 3.63) is 70.5 Å². The Labute approximate surface area is 186 Å². The van der Waals surface area contributed by atoms with Gasteiger partial charge in [0.05, 0.1) is 45.4 Å². The van der Waals surface area contributed by atoms with Crippen molar-refractivity contribution < 1.29 is 18.9 Å². The van der Waals surface area contributed by atoms with Crippen molar-refractivity contribution in [1.82, 2.24) is 4.57 Å². The average Bonchev–Trinajstić information content (AvgIpc) is 2.85. The third-order valence-corrected chi connectivity index (χ3v) is 5.91. The second kappa shape index (κ2) is 8.83. The van der Waals surface area contributed by atoms with Gasteiger partial charge in [0.15, 0.2) is 23.0 Å². The summed E-state index contributed by atoms with van der Waals surface area (Å²) in [6.07, 6.45) is 0.742. The van der Waals surface area contributed by atoms with E-state index in [1.165, 1.54) is 0 Å². The number of ether oxygens (including phenoxy) is 4. The first-order valence-corrected chi connectivity index (χ1v) is 10.5. The number of benzene rings is 3. The van der Waals surface area contributed by atoms with E-state index < -0.39 is 0 Å². The van der Waals surface area contributed by atoms with E-state index in [1.807, 2.05) is 53.1 Å². The zero-order valence-corrected chi connectivity index (χ0v) is 19.0. The molecule has 166 valence electrons. The number of aromatic nitrogens is 1. The van der Waals surface area contributed by atoms with Crippen LogP contribution in [0.3, 0.4) is 0 Å². The van der Waals surface area contributed by atoms with Crippen LogP contribution in [0.1, 0.15) is 24.9 Å². The summed E-state index contributed by atoms with van der Waals surface area (Å²) in [5, 5.41) is 2.19. The summed E-state index contributed by atoms with van der Waals surface area (Å²) in [4.78, 5) is 13.9. The van der Waals surface area contributed by atoms with Gasteiger partial charge in [-0.15, -0.1) is 0 Å². The van der Waals surface area contributed by atoms with E-state index >= 15 is 0 Å². The highest BCUT2D eigenvalue weighted by molar-refractivity contribution is 6.08. The van der Waals surface area contributed by atoms with Gasteiger partial charge in [-0.05, 0) is 30.2 Å². The molecule has 1 heterocycles. The van der Waals surface area contributed by atoms with Gasteiger partial charge in [0, 0.05) is 16.8 Å². The molecule has 0 spiro atoms. The lowest BCUT2D eigenvalue weighted by molar-refractivity contribution is 0.355. The van der Waals surface area contributed by atoms with Crippen molar-refractivity contribution in [3.8, 4) is 23.0 Å². The maximum Gasteiger partial charge on any atom is 0.259 e. The molecule has 0 aliphatic carbocycles. The zero-order valence-electron chi connectivity index (χ0n) is 19.0. The van der Waals surface area contributed by atoms with Crippen molar-refractivity contribution in [2.45, 2.75) is 19.4 Å². The van der Waals surface area contributed by atoms with Gasteiger partial charge in [-0.2, -0.15) is 0 Å². The van der Waals surface area contributed by atoms with Gasteiger partial charge >= 0.3 is 0 Å². The summed E-state index contributed by atoms with van der Waals surface area (Å²) < 4.78 is 24.0. The maximum atomic E-state index is 13.9. The summed E-state index contributed by atoms with van der Waals surface area (Å²) in [5.74, 6) is 2.23. The Kier molecular flexibility index (Phi) is 5.95. The molecule has 0 fully saturated rings. The minimum absolute atomic E-state index is 0.101. The standard InChI is InChI=1S/C26H27NO5/c1-6-20(16-10-8-7-9-11-16)27-21-15-25(32-5)23(30-3)13-18(21)17-12-22(29-2)24(31-4)14-19(17)26(27)28/h7-15,20H,6H2,1-5H3. The molecule has 6 heteroatoms. The molecule has 0 bridgehead atoms. The zero-order chi connectivity index (χ0) is 22.8. The Morgan fingerprint density at radius 3 is 1.75 bits per heavy atom. The first-order chi connectivity index (χ1) is 15.6. The predicted octanol–water partition coefficient (Wildman–Crippen LogP) is 5.19. The van der Waals surface area contributed by atoms with E-state index in [0.717, 1.165) is 28.3 Å². The Bertz CT molecular complexity index is 1330. The molecule has 0 saturated carbocycles. The number of pyridine rings is 1. The van der Waals surface area contributed by atoms with E-state index in [2.05, 4.69) is 6.92 Å². The van der Waals surface area contributed by atoms with Crippen LogP contribution in [0, 0.1) is 0 Å². The Hall–Kier alpha value is -3.67. The van der Waals surface area contributed by atoms with Crippen LogP contribution in [0.2, 0.25) is 0 Å². The molecule has 1 aromatic heterocycles. The molecule has 0 radical (unpaired) electrons. The fourth-order valence-corrected chi connectivity index (χ4v) is 4.35. The van der Waals surface area contributed by atoms with Crippen molar-refractivity contribution in [3.63, 3.8) is 0 Å². The minimum Gasteiger partial charge on any atom is -0.493 e. The third-order valence-electron chi connectivity index (χ3n) is 5.91. The van der Waals surface area contributed by atoms with Crippen LogP contribution >= 0.6 is 0 Å². The normalized spacial score (nSPS) is 12.0. The molecule has 1 unspecified atom stereocenters. The van der Waals surface area contributed by atoms with E-state index in [4.69, 9.17) is 18.9 Å². The highest BCUT2D eigenvalue weighted by Crippen LogP contribution is 2.40. The van der Waals surface area contributed by atoms with Crippen LogP contribution < -0.4 is 24.5 Å². The summed E-state index contributed by atoms with van der Waals surface area (Å²) in [7, 11) is 6.34. The molecule has 6 nitrogen and oxygen atoms in total. The highest BCUT2D eigenvalue weighted by Gasteiger charge is 2.22. The number of methoxy groups -OCH3 is 4. The smallest absolute Gasteiger partial charge is 0.259 e. The average molecular weight is 434 g/mol. The molecule has 0 amide bonds. The summed E-state index contributed by atoms with van der Waals surface area (Å²) in [6.45, 7) is 2.08. The van der Waals surface area contributed by atoms with Gasteiger partial charge in [0.1, 0.15) is 0 Å². The number of hydrogen-bond acceptors (Lipinski definition) is 5. The van der Waals surface area contributed by atoms with Crippen LogP contribution in [0.4, 0.5) is 0 Å². The Morgan fingerprint density at radius 1 is 0.719 bits per heavy atom. The Balaban J connectivity index is 2.20. The second-order valence-electron chi connectivity index (χ2n) is 7.49. The molecule has 0 aliphatic rings. The molecule has 4 rings (SSSR count). The lowest BCUT2D eigenvalue weighted by atomic mass is 10.00. The van der Waals surface area contributed by atoms with Gasteiger partial charge in [0.2, 0.25) is 0 Å². The van der Waals surface area contributed by atoms with E-state index in [-0.39, 0.29) is 11.6 Å². The number of fused-ring (bicyclic) bond motifs is 3. The van der Waals surface area contributed by atoms with Crippen molar-refractivity contribution >= 4 is 21.7 Å². The minimum atomic E-state index is -0.151. The summed E-state index contributed by atoms with van der Waals surface area (Å²) in [5.41, 5.74) is 1.73. The molecule has 1 atom stereocenters. The Morgan fingerprint density at radius 2 is 1.22 bits per heavy atom. The van der Waals surface area contributed by atoms with Crippen molar-refractivity contribution in [2.75, 3.05) is 28.4 Å². The van der Waals surface area contributed by atoms with Gasteiger partial charge in [0.25, 0.3) is 5.56 Å². The molecule has 0 aliphatic heterocycles. The SMILES string of the molecule is CCC(c1ccccc1)n1c(=O)c2cc(OC)c(OC)cc2c2cc(OC)c(OC)cc21. The predicted molar refractivity (Wildman–Crippen MR) is 127 cm³/mol. The third kappa shape index (κ3) is 3.42. The first kappa shape index (κ1) is 21.6. The van der Waals surface area contributed by atoms with E-state index in [1.54, 1.807) is 34.5 Å². The molecule has 0 saturated heterocycles. The van der Waals surface area contributed by atoms with Gasteiger partial charge < -0.3 is 23.5 Å². The molecular weight excluding hydrogens is 406 g/mol. The first-order valence-electron chi connectivity index (χ1n) is 10.5. The fraction of sp³-hybridized carbons (Fsp3) is 0.269. The highest BCUT2D eigenvalue weighted by atomic mass is 16.5. The largest absolute Gasteiger partial charge is 0.493 e. The van der Waals surface area contributed by atoms with E-state index in [0.29, 0.717) is 28.4 Å². The van der Waals surface area contributed by atoms with Crippen LogP contribution in [0.5, 0.6) is 23.0 Å². The van der Waals surface area contributed by atoms with Crippen LogP contribution in [0.15, 0.2) is 59.4 Å². The molecule has 4 aromatic rings. The molecule has 32 heavy (non-hydrogen) atoms. The van der Waals surface area contributed by atoms with Crippen molar-refractivity contribution in [1.29, 1.82) is 0 Å². The van der Waals surface area contributed by atoms with Gasteiger partial charge in [-0.3, -0.25) is 4.79 Å². The topological polar surface area (TPSA) is 58.9 Å². The lowest BCUT2D eigenvalue weighted by Gasteiger charge is -2.24. The summed E-state index contributed by atoms with van der Waals surface area (Å²) in [6, 6.07) is 17.3. The summed E-state index contributed by atoms with van der Waals surface area (Å²) >= 11 is 0. The molecule has 0 N–H and O–H groups in total. The number of hydrogen-bond donors (Lipinski definition) is 0. The van der Waals surface area contributed by atoms with Crippen LogP contribution in [0.25, 0.3) is 21.7 Å². The van der Waals surface area contributed by atoms with Crippen LogP contribution in [-0.2, 0) is 0 Å². The number of nitrogens with zero attached hydrogens (tertiary/aromatic N) is 1. The molecule has 3 aromatic carbocycles. The van der Waals surface area contributed by atoms with Crippen LogP contribution in [-0.4, -0.2) is 33.0 Å². The molecular formula is C26H27NO5. The second-order valence-corrected chi connectivity index (χ2v) is 7.49. The maximum absolute atomic E-state index is 13.9.